The van der Waals surface area contributed by atoms with E-state index in [4.69, 9.17) is 37.9 Å². The van der Waals surface area contributed by atoms with Crippen molar-refractivity contribution in [3.8, 4) is 17.2 Å². The fraction of sp³-hybridized carbons (Fsp3) is 0.477. The SMILES string of the molecule is C=CCc1c(OCCCCCOc2cccc(OCCOCCOCCOCCNC(=O)OCc3ccccc3)c2CCC(=O)OC)ccc2c1CCCC2=O. The van der Waals surface area contributed by atoms with Crippen molar-refractivity contribution < 1.29 is 52.3 Å². The first kappa shape index (κ1) is 43.8. The number of ether oxygens (including phenoxy) is 8. The maximum Gasteiger partial charge on any atom is 0.407 e. The topological polar surface area (TPSA) is 137 Å². The lowest BCUT2D eigenvalue weighted by molar-refractivity contribution is -0.140. The van der Waals surface area contributed by atoms with E-state index in [1.807, 2.05) is 66.7 Å². The summed E-state index contributed by atoms with van der Waals surface area (Å²) >= 11 is 0. The summed E-state index contributed by atoms with van der Waals surface area (Å²) in [5.74, 6) is 2.05. The van der Waals surface area contributed by atoms with E-state index < -0.39 is 6.09 Å². The standard InChI is InChI=1S/C44H57NO11/c1-3-12-37-35-15-10-16-39(46)36(35)19-21-42(37)54-25-9-5-8-24-53-40-17-11-18-41(38(40)20-22-43(47)49-2)55-32-31-52-30-29-51-28-27-50-26-23-45-44(48)56-33-34-13-6-4-7-14-34/h3-4,6-7,11,13-14,17-19,21H,1,5,8-10,12,15-16,20,22-33H2,2H3,(H,45,48). The molecule has 0 unspecified atom stereocenters. The minimum absolute atomic E-state index is 0.199. The molecule has 1 amide bonds. The van der Waals surface area contributed by atoms with Gasteiger partial charge in [0.15, 0.2) is 5.78 Å². The highest BCUT2D eigenvalue weighted by Crippen LogP contribution is 2.33. The number of amides is 1. The molecule has 3 aromatic carbocycles. The summed E-state index contributed by atoms with van der Waals surface area (Å²) in [5, 5.41) is 2.65. The Morgan fingerprint density at radius 2 is 1.36 bits per heavy atom. The van der Waals surface area contributed by atoms with Gasteiger partial charge in [-0.15, -0.1) is 6.58 Å². The van der Waals surface area contributed by atoms with Gasteiger partial charge in [-0.3, -0.25) is 9.59 Å². The van der Waals surface area contributed by atoms with Crippen LogP contribution in [0.15, 0.2) is 73.3 Å². The van der Waals surface area contributed by atoms with E-state index in [1.165, 1.54) is 7.11 Å². The summed E-state index contributed by atoms with van der Waals surface area (Å²) in [6, 6.07) is 18.9. The molecule has 56 heavy (non-hydrogen) atoms. The van der Waals surface area contributed by atoms with Gasteiger partial charge in [0.25, 0.3) is 0 Å². The zero-order valence-electron chi connectivity index (χ0n) is 32.7. The molecular formula is C44H57NO11. The fourth-order valence-corrected chi connectivity index (χ4v) is 6.17. The quantitative estimate of drug-likeness (QED) is 0.0463. The summed E-state index contributed by atoms with van der Waals surface area (Å²) < 4.78 is 45.1. The van der Waals surface area contributed by atoms with Gasteiger partial charge in [-0.1, -0.05) is 42.5 Å². The number of hydrogen-bond acceptors (Lipinski definition) is 11. The van der Waals surface area contributed by atoms with Crippen molar-refractivity contribution in [1.82, 2.24) is 5.32 Å². The Balaban J connectivity index is 1.07. The summed E-state index contributed by atoms with van der Waals surface area (Å²) in [4.78, 5) is 36.1. The highest BCUT2D eigenvalue weighted by Gasteiger charge is 2.22. The second kappa shape index (κ2) is 26.0. The zero-order valence-corrected chi connectivity index (χ0v) is 32.7. The Labute approximate surface area is 330 Å². The summed E-state index contributed by atoms with van der Waals surface area (Å²) in [6.07, 6.45) is 7.65. The van der Waals surface area contributed by atoms with Crippen LogP contribution < -0.4 is 19.5 Å². The van der Waals surface area contributed by atoms with Crippen LogP contribution in [0.1, 0.15) is 71.1 Å². The third-order valence-electron chi connectivity index (χ3n) is 9.03. The van der Waals surface area contributed by atoms with Gasteiger partial charge in [-0.2, -0.15) is 0 Å². The molecule has 12 nitrogen and oxygen atoms in total. The first-order chi connectivity index (χ1) is 27.5. The molecule has 0 fully saturated rings. The lowest BCUT2D eigenvalue weighted by atomic mass is 9.86. The van der Waals surface area contributed by atoms with E-state index in [2.05, 4.69) is 11.9 Å². The van der Waals surface area contributed by atoms with Crippen molar-refractivity contribution in [2.45, 2.75) is 64.4 Å². The maximum atomic E-state index is 12.4. The number of hydrogen-bond donors (Lipinski definition) is 1. The normalized spacial score (nSPS) is 12.1. The van der Waals surface area contributed by atoms with Gasteiger partial charge in [0.2, 0.25) is 0 Å². The van der Waals surface area contributed by atoms with Crippen molar-refractivity contribution in [2.75, 3.05) is 73.1 Å². The third-order valence-corrected chi connectivity index (χ3v) is 9.03. The summed E-state index contributed by atoms with van der Waals surface area (Å²) in [5.41, 5.74) is 4.75. The van der Waals surface area contributed by atoms with Crippen LogP contribution in [0.3, 0.4) is 0 Å². The second-order valence-corrected chi connectivity index (χ2v) is 13.1. The van der Waals surface area contributed by atoms with Crippen molar-refractivity contribution >= 4 is 17.8 Å². The summed E-state index contributed by atoms with van der Waals surface area (Å²) in [6.45, 7) is 8.15. The van der Waals surface area contributed by atoms with Crippen LogP contribution in [0.2, 0.25) is 0 Å². The minimum Gasteiger partial charge on any atom is -0.493 e. The molecule has 0 aliphatic heterocycles. The van der Waals surface area contributed by atoms with Gasteiger partial charge in [0.05, 0.1) is 60.0 Å². The zero-order chi connectivity index (χ0) is 39.6. The third kappa shape index (κ3) is 15.7. The molecular weight excluding hydrogens is 718 g/mol. The number of methoxy groups -OCH3 is 1. The predicted molar refractivity (Wildman–Crippen MR) is 212 cm³/mol. The Morgan fingerprint density at radius 1 is 0.714 bits per heavy atom. The Bertz CT molecular complexity index is 1650. The Hall–Kier alpha value is -4.91. The van der Waals surface area contributed by atoms with Gasteiger partial charge in [-0.25, -0.2) is 4.79 Å². The van der Waals surface area contributed by atoms with Gasteiger partial charge in [0.1, 0.15) is 30.5 Å². The molecule has 0 heterocycles. The molecule has 0 atom stereocenters. The smallest absolute Gasteiger partial charge is 0.407 e. The van der Waals surface area contributed by atoms with Crippen LogP contribution in [0.4, 0.5) is 4.79 Å². The van der Waals surface area contributed by atoms with Crippen LogP contribution >= 0.6 is 0 Å². The molecule has 0 aromatic heterocycles. The van der Waals surface area contributed by atoms with Gasteiger partial charge in [0, 0.05) is 36.1 Å². The average Bonchev–Trinajstić information content (AvgIpc) is 3.22. The van der Waals surface area contributed by atoms with E-state index in [9.17, 15) is 14.4 Å². The molecule has 304 valence electrons. The Kier molecular flexibility index (Phi) is 20.4. The number of esters is 1. The number of alkyl carbamates (subject to hydrolysis) is 1. The molecule has 0 radical (unpaired) electrons. The average molecular weight is 776 g/mol. The molecule has 4 rings (SSSR count). The number of unbranched alkanes of at least 4 members (excludes halogenated alkanes) is 2. The van der Waals surface area contributed by atoms with Crippen LogP contribution in [0.5, 0.6) is 17.2 Å². The molecule has 0 saturated heterocycles. The van der Waals surface area contributed by atoms with E-state index in [-0.39, 0.29) is 24.8 Å². The number of fused-ring (bicyclic) bond motifs is 1. The van der Waals surface area contributed by atoms with E-state index in [0.29, 0.717) is 96.8 Å². The maximum absolute atomic E-state index is 12.4. The van der Waals surface area contributed by atoms with Crippen molar-refractivity contribution in [3.05, 3.63) is 101 Å². The van der Waals surface area contributed by atoms with Crippen molar-refractivity contribution in [1.29, 1.82) is 0 Å². The minimum atomic E-state index is -0.487. The molecule has 0 saturated carbocycles. The van der Waals surface area contributed by atoms with E-state index >= 15 is 0 Å². The number of benzene rings is 3. The Morgan fingerprint density at radius 3 is 2.04 bits per heavy atom. The first-order valence-electron chi connectivity index (χ1n) is 19.5. The highest BCUT2D eigenvalue weighted by atomic mass is 16.6. The van der Waals surface area contributed by atoms with Crippen molar-refractivity contribution in [3.63, 3.8) is 0 Å². The number of ketones is 1. The fourth-order valence-electron chi connectivity index (χ4n) is 6.17. The molecule has 12 heteroatoms. The first-order valence-corrected chi connectivity index (χ1v) is 19.5. The lowest BCUT2D eigenvalue weighted by Crippen LogP contribution is -2.28. The van der Waals surface area contributed by atoms with Crippen molar-refractivity contribution in [2.24, 2.45) is 0 Å². The van der Waals surface area contributed by atoms with E-state index in [0.717, 1.165) is 65.7 Å². The van der Waals surface area contributed by atoms with Crippen LogP contribution in [-0.4, -0.2) is 91.0 Å². The number of nitrogens with one attached hydrogen (secondary N) is 1. The monoisotopic (exact) mass is 775 g/mol. The highest BCUT2D eigenvalue weighted by molar-refractivity contribution is 5.99. The number of carbonyl (C=O) groups is 3. The predicted octanol–water partition coefficient (Wildman–Crippen LogP) is 7.02. The molecule has 3 aromatic rings. The molecule has 1 aliphatic carbocycles. The molecule has 0 bridgehead atoms. The number of Topliss-reactive ketones (excluding diaryl/α,β-unsaturated/α-hetero) is 1. The lowest BCUT2D eigenvalue weighted by Gasteiger charge is -2.21. The summed E-state index contributed by atoms with van der Waals surface area (Å²) in [7, 11) is 1.37. The second-order valence-electron chi connectivity index (χ2n) is 13.1. The van der Waals surface area contributed by atoms with Gasteiger partial charge in [-0.05, 0) is 80.3 Å². The van der Waals surface area contributed by atoms with Gasteiger partial charge < -0.3 is 43.2 Å². The van der Waals surface area contributed by atoms with Crippen LogP contribution in [-0.2, 0) is 54.3 Å². The van der Waals surface area contributed by atoms with E-state index in [1.54, 1.807) is 0 Å². The van der Waals surface area contributed by atoms with Crippen LogP contribution in [0, 0.1) is 0 Å². The number of allylic oxidation sites excluding steroid dienone is 1. The largest absolute Gasteiger partial charge is 0.493 e. The number of carbonyl (C=O) groups excluding carboxylic acids is 3. The van der Waals surface area contributed by atoms with Gasteiger partial charge >= 0.3 is 12.1 Å². The van der Waals surface area contributed by atoms with Crippen LogP contribution in [0.25, 0.3) is 0 Å². The molecule has 1 aliphatic rings. The number of rotatable bonds is 28. The molecule has 0 spiro atoms. The molecule has 1 N–H and O–H groups in total.